The van der Waals surface area contributed by atoms with Crippen LogP contribution < -0.4 is 9.75 Å². The molecule has 29 heavy (non-hydrogen) atoms. The summed E-state index contributed by atoms with van der Waals surface area (Å²) in [6.45, 7) is 4.77. The van der Waals surface area contributed by atoms with E-state index >= 15 is 0 Å². The van der Waals surface area contributed by atoms with Crippen molar-refractivity contribution in [3.8, 4) is 22.9 Å². The molecule has 6 nitrogen and oxygen atoms in total. The number of rotatable bonds is 8. The van der Waals surface area contributed by atoms with Crippen LogP contribution in [0.15, 0.2) is 59.7 Å². The van der Waals surface area contributed by atoms with Crippen molar-refractivity contribution in [1.29, 1.82) is 0 Å². The van der Waals surface area contributed by atoms with Crippen LogP contribution in [0.4, 0.5) is 5.82 Å². The zero-order chi connectivity index (χ0) is 20.6. The van der Waals surface area contributed by atoms with Crippen LogP contribution in [0.1, 0.15) is 31.0 Å². The van der Waals surface area contributed by atoms with Gasteiger partial charge in [-0.25, -0.2) is 9.97 Å². The second kappa shape index (κ2) is 9.68. The number of phenolic OH excluding ortho intramolecular Hbond substituents is 1. The van der Waals surface area contributed by atoms with E-state index in [0.717, 1.165) is 36.5 Å². The quantitative estimate of drug-likeness (QED) is 0.340. The lowest BCUT2D eigenvalue weighted by Crippen LogP contribution is -2.12. The Bertz CT molecular complexity index is 971. The number of aryl methyl sites for hydroxylation is 1. The second-order valence-electron chi connectivity index (χ2n) is 6.75. The number of nitrogens with zero attached hydrogens (tertiary/aromatic N) is 4. The van der Waals surface area contributed by atoms with Gasteiger partial charge in [0, 0.05) is 18.8 Å². The predicted octanol–water partition coefficient (Wildman–Crippen LogP) is 4.81. The van der Waals surface area contributed by atoms with Gasteiger partial charge >= 0.3 is 0 Å². The molecule has 0 saturated carbocycles. The lowest BCUT2D eigenvalue weighted by atomic mass is 10.2. The summed E-state index contributed by atoms with van der Waals surface area (Å²) < 4.78 is 5.68. The van der Waals surface area contributed by atoms with Gasteiger partial charge in [-0.1, -0.05) is 25.5 Å². The monoisotopic (exact) mass is 390 g/mol. The van der Waals surface area contributed by atoms with Crippen LogP contribution in [-0.4, -0.2) is 34.9 Å². The Kier molecular flexibility index (Phi) is 6.79. The highest BCUT2D eigenvalue weighted by atomic mass is 16.5. The summed E-state index contributed by atoms with van der Waals surface area (Å²) in [6.07, 6.45) is 3.94. The molecular formula is C23H26N4O2. The van der Waals surface area contributed by atoms with Gasteiger partial charge in [-0.15, -0.1) is 0 Å². The lowest BCUT2D eigenvalue weighted by molar-refractivity contribution is 0.309. The van der Waals surface area contributed by atoms with Gasteiger partial charge in [0.15, 0.2) is 11.6 Å². The van der Waals surface area contributed by atoms with Crippen LogP contribution >= 0.6 is 0 Å². The van der Waals surface area contributed by atoms with Crippen molar-refractivity contribution in [2.24, 2.45) is 5.10 Å². The first-order valence-corrected chi connectivity index (χ1v) is 9.71. The molecule has 0 aliphatic heterocycles. The van der Waals surface area contributed by atoms with E-state index in [1.165, 1.54) is 0 Å². The zero-order valence-corrected chi connectivity index (χ0v) is 17.0. The van der Waals surface area contributed by atoms with E-state index in [2.05, 4.69) is 22.0 Å². The number of para-hydroxylation sites is 1. The Morgan fingerprint density at radius 2 is 1.86 bits per heavy atom. The second-order valence-corrected chi connectivity index (χ2v) is 6.75. The molecule has 0 fully saturated rings. The third-order valence-electron chi connectivity index (χ3n) is 4.34. The maximum atomic E-state index is 10.1. The van der Waals surface area contributed by atoms with Crippen LogP contribution in [0.25, 0.3) is 11.4 Å². The van der Waals surface area contributed by atoms with Crippen molar-refractivity contribution in [2.45, 2.75) is 26.7 Å². The summed E-state index contributed by atoms with van der Waals surface area (Å²) in [5.74, 6) is 2.12. The summed E-state index contributed by atoms with van der Waals surface area (Å²) in [5, 5.41) is 16.3. The minimum absolute atomic E-state index is 0.149. The first kappa shape index (κ1) is 20.3. The molecule has 3 rings (SSSR count). The number of hydrazone groups is 1. The Morgan fingerprint density at radius 1 is 1.10 bits per heavy atom. The fourth-order valence-corrected chi connectivity index (χ4v) is 2.70. The van der Waals surface area contributed by atoms with Gasteiger partial charge in [-0.05, 0) is 55.3 Å². The molecule has 0 aliphatic carbocycles. The minimum atomic E-state index is 0.149. The summed E-state index contributed by atoms with van der Waals surface area (Å²) in [5.41, 5.74) is 2.35. The van der Waals surface area contributed by atoms with Crippen LogP contribution in [0.2, 0.25) is 0 Å². The van der Waals surface area contributed by atoms with E-state index < -0.39 is 0 Å². The zero-order valence-electron chi connectivity index (χ0n) is 17.0. The van der Waals surface area contributed by atoms with Gasteiger partial charge in [0.05, 0.1) is 18.4 Å². The molecule has 0 atom stereocenters. The molecular weight excluding hydrogens is 364 g/mol. The number of ether oxygens (including phenoxy) is 1. The summed E-state index contributed by atoms with van der Waals surface area (Å²) in [7, 11) is 1.83. The smallest absolute Gasteiger partial charge is 0.165 e. The van der Waals surface area contributed by atoms with Crippen molar-refractivity contribution < 1.29 is 9.84 Å². The highest BCUT2D eigenvalue weighted by Crippen LogP contribution is 2.27. The van der Waals surface area contributed by atoms with E-state index in [0.29, 0.717) is 17.2 Å². The number of hydrogen-bond donors (Lipinski definition) is 1. The number of anilines is 1. The number of aromatic hydroxyl groups is 1. The average molecular weight is 390 g/mol. The predicted molar refractivity (Wildman–Crippen MR) is 117 cm³/mol. The van der Waals surface area contributed by atoms with Crippen LogP contribution in [0.3, 0.4) is 0 Å². The molecule has 0 radical (unpaired) electrons. The van der Waals surface area contributed by atoms with Gasteiger partial charge in [-0.3, -0.25) is 5.01 Å². The van der Waals surface area contributed by atoms with Gasteiger partial charge in [0.2, 0.25) is 0 Å². The third-order valence-corrected chi connectivity index (χ3v) is 4.34. The van der Waals surface area contributed by atoms with Gasteiger partial charge < -0.3 is 9.84 Å². The van der Waals surface area contributed by atoms with Crippen molar-refractivity contribution in [3.05, 3.63) is 65.9 Å². The summed E-state index contributed by atoms with van der Waals surface area (Å²) in [6, 6.07) is 16.7. The Morgan fingerprint density at radius 3 is 2.59 bits per heavy atom. The third kappa shape index (κ3) is 5.54. The maximum absolute atomic E-state index is 10.1. The molecule has 1 N–H and O–H groups in total. The highest BCUT2D eigenvalue weighted by Gasteiger charge is 2.11. The topological polar surface area (TPSA) is 70.8 Å². The number of unbranched alkanes of at least 4 members (excludes halogenated alkanes) is 1. The summed E-state index contributed by atoms with van der Waals surface area (Å²) in [4.78, 5) is 9.00. The molecule has 150 valence electrons. The molecule has 0 aliphatic rings. The first-order chi connectivity index (χ1) is 14.1. The van der Waals surface area contributed by atoms with E-state index in [4.69, 9.17) is 4.74 Å². The van der Waals surface area contributed by atoms with Crippen LogP contribution in [0.5, 0.6) is 11.5 Å². The molecule has 0 amide bonds. The first-order valence-electron chi connectivity index (χ1n) is 9.71. The van der Waals surface area contributed by atoms with Crippen molar-refractivity contribution in [3.63, 3.8) is 0 Å². The molecule has 0 saturated heterocycles. The molecule has 6 heteroatoms. The Balaban J connectivity index is 1.73. The molecule has 1 aromatic heterocycles. The number of phenols is 1. The molecule has 0 spiro atoms. The van der Waals surface area contributed by atoms with Crippen molar-refractivity contribution in [2.75, 3.05) is 18.7 Å². The standard InChI is InChI=1S/C23H26N4O2/c1-4-5-14-29-19-12-10-18(11-13-19)16-24-27(3)22-15-17(2)25-23(26-22)20-8-6-7-9-21(20)28/h6-13,15-16,28H,4-5,14H2,1-3H3/b24-16+. The van der Waals surface area contributed by atoms with Gasteiger partial charge in [-0.2, -0.15) is 5.10 Å². The molecule has 2 aromatic carbocycles. The average Bonchev–Trinajstić information content (AvgIpc) is 2.73. The fourth-order valence-electron chi connectivity index (χ4n) is 2.70. The molecule has 0 bridgehead atoms. The fraction of sp³-hybridized carbons (Fsp3) is 0.261. The normalized spacial score (nSPS) is 11.0. The SMILES string of the molecule is CCCCOc1ccc(/C=N/N(C)c2cc(C)nc(-c3ccccc3O)n2)cc1. The molecule has 1 heterocycles. The van der Waals surface area contributed by atoms with E-state index in [-0.39, 0.29) is 5.75 Å². The van der Waals surface area contributed by atoms with Gasteiger partial charge in [0.25, 0.3) is 0 Å². The molecule has 0 unspecified atom stereocenters. The lowest BCUT2D eigenvalue weighted by Gasteiger charge is -2.14. The number of aromatic nitrogens is 2. The van der Waals surface area contributed by atoms with Crippen LogP contribution in [0, 0.1) is 6.92 Å². The number of benzene rings is 2. The largest absolute Gasteiger partial charge is 0.507 e. The van der Waals surface area contributed by atoms with Crippen molar-refractivity contribution in [1.82, 2.24) is 9.97 Å². The minimum Gasteiger partial charge on any atom is -0.507 e. The van der Waals surface area contributed by atoms with Crippen LogP contribution in [-0.2, 0) is 0 Å². The highest BCUT2D eigenvalue weighted by molar-refractivity contribution is 5.80. The Hall–Kier alpha value is -3.41. The Labute approximate surface area is 171 Å². The van der Waals surface area contributed by atoms with Crippen molar-refractivity contribution >= 4 is 12.0 Å². The van der Waals surface area contributed by atoms with E-state index in [1.54, 1.807) is 29.4 Å². The maximum Gasteiger partial charge on any atom is 0.165 e. The number of hydrogen-bond acceptors (Lipinski definition) is 6. The van der Waals surface area contributed by atoms with E-state index in [9.17, 15) is 5.11 Å². The summed E-state index contributed by atoms with van der Waals surface area (Å²) >= 11 is 0. The van der Waals surface area contributed by atoms with E-state index in [1.807, 2.05) is 50.4 Å². The molecule has 3 aromatic rings. The van der Waals surface area contributed by atoms with Gasteiger partial charge in [0.1, 0.15) is 11.5 Å².